The molecule has 0 atom stereocenters. The normalized spacial score (nSPS) is 10.4. The molecule has 1 amide bonds. The van der Waals surface area contributed by atoms with Gasteiger partial charge in [-0.3, -0.25) is 4.79 Å². The topological polar surface area (TPSA) is 68.3 Å². The standard InChI is InChI=1S/C15H12N2O3/c1-10-4-6-11(7-5-10)17-15(18)13-14(20-9-16-13)12-3-2-8-19-12/h2-9H,1H3,(H,17,18). The fraction of sp³-hybridized carbons (Fsp3) is 0.0667. The molecular weight excluding hydrogens is 256 g/mol. The molecule has 5 nitrogen and oxygen atoms in total. The molecule has 0 saturated carbocycles. The van der Waals surface area contributed by atoms with Crippen molar-refractivity contribution in [2.45, 2.75) is 6.92 Å². The van der Waals surface area contributed by atoms with Crippen LogP contribution >= 0.6 is 0 Å². The molecule has 0 unspecified atom stereocenters. The van der Waals surface area contributed by atoms with Crippen LogP contribution in [0.1, 0.15) is 16.1 Å². The number of nitrogens with zero attached hydrogens (tertiary/aromatic N) is 1. The number of amides is 1. The van der Waals surface area contributed by atoms with Gasteiger partial charge in [-0.25, -0.2) is 4.98 Å². The zero-order chi connectivity index (χ0) is 13.9. The van der Waals surface area contributed by atoms with E-state index in [0.717, 1.165) is 5.56 Å². The number of carbonyl (C=O) groups is 1. The SMILES string of the molecule is Cc1ccc(NC(=O)c2ncoc2-c2ccco2)cc1. The maximum absolute atomic E-state index is 12.2. The molecule has 0 fully saturated rings. The maximum atomic E-state index is 12.2. The molecule has 3 aromatic rings. The fourth-order valence-electron chi connectivity index (χ4n) is 1.82. The van der Waals surface area contributed by atoms with Crippen LogP contribution in [0, 0.1) is 6.92 Å². The molecule has 20 heavy (non-hydrogen) atoms. The number of aromatic nitrogens is 1. The Kier molecular flexibility index (Phi) is 3.09. The molecule has 0 aliphatic carbocycles. The van der Waals surface area contributed by atoms with Crippen LogP contribution in [0.2, 0.25) is 0 Å². The monoisotopic (exact) mass is 268 g/mol. The van der Waals surface area contributed by atoms with Gasteiger partial charge in [-0.2, -0.15) is 0 Å². The number of oxazole rings is 1. The van der Waals surface area contributed by atoms with E-state index in [2.05, 4.69) is 10.3 Å². The van der Waals surface area contributed by atoms with Gasteiger partial charge in [-0.1, -0.05) is 17.7 Å². The van der Waals surface area contributed by atoms with Gasteiger partial charge in [0.2, 0.25) is 5.76 Å². The van der Waals surface area contributed by atoms with Crippen molar-refractivity contribution in [3.05, 3.63) is 60.3 Å². The Labute approximate surface area is 115 Å². The van der Waals surface area contributed by atoms with Crippen molar-refractivity contribution in [1.82, 2.24) is 4.98 Å². The highest BCUT2D eigenvalue weighted by molar-refractivity contribution is 6.06. The first kappa shape index (κ1) is 12.2. The van der Waals surface area contributed by atoms with Crippen LogP contribution in [0.15, 0.2) is 57.9 Å². The van der Waals surface area contributed by atoms with E-state index in [0.29, 0.717) is 17.2 Å². The first-order valence-electron chi connectivity index (χ1n) is 6.09. The first-order chi connectivity index (χ1) is 9.74. The largest absolute Gasteiger partial charge is 0.461 e. The van der Waals surface area contributed by atoms with Gasteiger partial charge in [-0.05, 0) is 31.2 Å². The van der Waals surface area contributed by atoms with Crippen LogP contribution < -0.4 is 5.32 Å². The lowest BCUT2D eigenvalue weighted by atomic mass is 10.2. The number of hydrogen-bond donors (Lipinski definition) is 1. The number of nitrogens with one attached hydrogen (secondary N) is 1. The van der Waals surface area contributed by atoms with Crippen molar-refractivity contribution in [3.63, 3.8) is 0 Å². The second-order valence-electron chi connectivity index (χ2n) is 4.33. The van der Waals surface area contributed by atoms with Gasteiger partial charge < -0.3 is 14.2 Å². The molecule has 2 heterocycles. The Bertz CT molecular complexity index is 712. The number of carbonyl (C=O) groups excluding carboxylic acids is 1. The van der Waals surface area contributed by atoms with E-state index in [-0.39, 0.29) is 11.6 Å². The van der Waals surface area contributed by atoms with Crippen molar-refractivity contribution in [3.8, 4) is 11.5 Å². The second kappa shape index (κ2) is 5.05. The van der Waals surface area contributed by atoms with Crippen LogP contribution in [0.5, 0.6) is 0 Å². The number of aryl methyl sites for hydroxylation is 1. The summed E-state index contributed by atoms with van der Waals surface area (Å²) in [6, 6.07) is 10.9. The van der Waals surface area contributed by atoms with E-state index in [4.69, 9.17) is 8.83 Å². The summed E-state index contributed by atoms with van der Waals surface area (Å²) in [7, 11) is 0. The second-order valence-corrected chi connectivity index (χ2v) is 4.33. The summed E-state index contributed by atoms with van der Waals surface area (Å²) >= 11 is 0. The Hall–Kier alpha value is -2.82. The van der Waals surface area contributed by atoms with E-state index in [1.54, 1.807) is 12.1 Å². The third-order valence-corrected chi connectivity index (χ3v) is 2.84. The zero-order valence-corrected chi connectivity index (χ0v) is 10.8. The summed E-state index contributed by atoms with van der Waals surface area (Å²) in [6.45, 7) is 1.98. The van der Waals surface area contributed by atoms with Gasteiger partial charge in [0.25, 0.3) is 5.91 Å². The summed E-state index contributed by atoms with van der Waals surface area (Å²) < 4.78 is 10.4. The quantitative estimate of drug-likeness (QED) is 0.789. The highest BCUT2D eigenvalue weighted by Gasteiger charge is 2.20. The third kappa shape index (κ3) is 2.33. The number of anilines is 1. The number of hydrogen-bond acceptors (Lipinski definition) is 4. The van der Waals surface area contributed by atoms with Gasteiger partial charge in [-0.15, -0.1) is 0 Å². The molecule has 1 N–H and O–H groups in total. The predicted octanol–water partition coefficient (Wildman–Crippen LogP) is 3.50. The van der Waals surface area contributed by atoms with Crippen molar-refractivity contribution < 1.29 is 13.6 Å². The Morgan fingerprint density at radius 1 is 1.15 bits per heavy atom. The predicted molar refractivity (Wildman–Crippen MR) is 73.3 cm³/mol. The van der Waals surface area contributed by atoms with E-state index in [1.807, 2.05) is 31.2 Å². The lowest BCUT2D eigenvalue weighted by Gasteiger charge is -2.04. The number of benzene rings is 1. The minimum absolute atomic E-state index is 0.195. The molecule has 0 saturated heterocycles. The molecule has 3 rings (SSSR count). The van der Waals surface area contributed by atoms with Crippen LogP contribution in [0.25, 0.3) is 11.5 Å². The Morgan fingerprint density at radius 2 is 1.95 bits per heavy atom. The highest BCUT2D eigenvalue weighted by Crippen LogP contribution is 2.24. The molecule has 0 spiro atoms. The maximum Gasteiger partial charge on any atom is 0.278 e. The lowest BCUT2D eigenvalue weighted by molar-refractivity contribution is 0.102. The van der Waals surface area contributed by atoms with Crippen molar-refractivity contribution >= 4 is 11.6 Å². The number of rotatable bonds is 3. The van der Waals surface area contributed by atoms with Gasteiger partial charge >= 0.3 is 0 Å². The smallest absolute Gasteiger partial charge is 0.278 e. The molecule has 0 aliphatic heterocycles. The zero-order valence-electron chi connectivity index (χ0n) is 10.8. The summed E-state index contributed by atoms with van der Waals surface area (Å²) in [5, 5.41) is 2.77. The summed E-state index contributed by atoms with van der Waals surface area (Å²) in [4.78, 5) is 16.1. The minimum Gasteiger partial charge on any atom is -0.461 e. The molecule has 100 valence electrons. The van der Waals surface area contributed by atoms with Crippen molar-refractivity contribution in [2.24, 2.45) is 0 Å². The average Bonchev–Trinajstić information content (AvgIpc) is 3.11. The van der Waals surface area contributed by atoms with E-state index >= 15 is 0 Å². The van der Waals surface area contributed by atoms with Crippen molar-refractivity contribution in [2.75, 3.05) is 5.32 Å². The summed E-state index contributed by atoms with van der Waals surface area (Å²) in [5.41, 5.74) is 2.02. The van der Waals surface area contributed by atoms with Crippen LogP contribution in [-0.2, 0) is 0 Å². The number of furan rings is 1. The Morgan fingerprint density at radius 3 is 2.65 bits per heavy atom. The van der Waals surface area contributed by atoms with Crippen LogP contribution in [-0.4, -0.2) is 10.9 Å². The molecular formula is C15H12N2O3. The molecule has 5 heteroatoms. The van der Waals surface area contributed by atoms with Gasteiger partial charge in [0.1, 0.15) is 0 Å². The first-order valence-corrected chi connectivity index (χ1v) is 6.09. The summed E-state index contributed by atoms with van der Waals surface area (Å²) in [6.07, 6.45) is 2.74. The highest BCUT2D eigenvalue weighted by atomic mass is 16.4. The molecule has 0 bridgehead atoms. The van der Waals surface area contributed by atoms with Crippen LogP contribution in [0.4, 0.5) is 5.69 Å². The lowest BCUT2D eigenvalue weighted by Crippen LogP contribution is -2.13. The van der Waals surface area contributed by atoms with E-state index in [1.165, 1.54) is 12.7 Å². The molecule has 1 aromatic carbocycles. The van der Waals surface area contributed by atoms with Crippen LogP contribution in [0.3, 0.4) is 0 Å². The Balaban J connectivity index is 1.85. The third-order valence-electron chi connectivity index (χ3n) is 2.84. The van der Waals surface area contributed by atoms with Crippen molar-refractivity contribution in [1.29, 1.82) is 0 Å². The molecule has 0 aliphatic rings. The fourth-order valence-corrected chi connectivity index (χ4v) is 1.82. The van der Waals surface area contributed by atoms with E-state index in [9.17, 15) is 4.79 Å². The molecule has 0 radical (unpaired) electrons. The van der Waals surface area contributed by atoms with Gasteiger partial charge in [0.15, 0.2) is 17.8 Å². The average molecular weight is 268 g/mol. The van der Waals surface area contributed by atoms with Gasteiger partial charge in [0.05, 0.1) is 6.26 Å². The summed E-state index contributed by atoms with van der Waals surface area (Å²) in [5.74, 6) is 0.449. The van der Waals surface area contributed by atoms with Gasteiger partial charge in [0, 0.05) is 5.69 Å². The van der Waals surface area contributed by atoms with E-state index < -0.39 is 0 Å². The minimum atomic E-state index is -0.339. The molecule has 2 aromatic heterocycles.